The molecule has 0 bridgehead atoms. The smallest absolute Gasteiger partial charge is 0.437 e. The van der Waals surface area contributed by atoms with E-state index in [1.54, 1.807) is 31.4 Å². The summed E-state index contributed by atoms with van der Waals surface area (Å²) in [5.41, 5.74) is 0.0872. The van der Waals surface area contributed by atoms with E-state index in [4.69, 9.17) is 9.47 Å². The van der Waals surface area contributed by atoms with Crippen LogP contribution in [0.4, 0.5) is 13.2 Å². The largest absolute Gasteiger partial charge is 0.500 e. The SMILES string of the molecule is COC1=C(CN[C@H]2CCCN[C@H]2c2ccccc2)C=C2C(=COC2(c2ccccc2)C(F)(F)F)C1. The summed E-state index contributed by atoms with van der Waals surface area (Å²) in [4.78, 5) is 0. The van der Waals surface area contributed by atoms with E-state index < -0.39 is 11.8 Å². The molecule has 5 rings (SSSR count). The molecule has 1 saturated heterocycles. The van der Waals surface area contributed by atoms with Gasteiger partial charge in [0, 0.05) is 47.3 Å². The van der Waals surface area contributed by atoms with Gasteiger partial charge in [-0.15, -0.1) is 0 Å². The van der Waals surface area contributed by atoms with Crippen molar-refractivity contribution in [2.75, 3.05) is 20.2 Å². The number of nitrogens with one attached hydrogen (secondary N) is 2. The van der Waals surface area contributed by atoms with Crippen LogP contribution in [0.25, 0.3) is 0 Å². The summed E-state index contributed by atoms with van der Waals surface area (Å²) in [6, 6.07) is 18.4. The normalized spacial score (nSPS) is 26.5. The molecule has 0 aromatic heterocycles. The second-order valence-corrected chi connectivity index (χ2v) is 9.17. The first kappa shape index (κ1) is 23.7. The van der Waals surface area contributed by atoms with Crippen LogP contribution in [0.15, 0.2) is 95.5 Å². The van der Waals surface area contributed by atoms with Crippen molar-refractivity contribution in [1.29, 1.82) is 0 Å². The molecule has 2 aromatic carbocycles. The second kappa shape index (κ2) is 9.55. The van der Waals surface area contributed by atoms with Gasteiger partial charge in [-0.3, -0.25) is 0 Å². The summed E-state index contributed by atoms with van der Waals surface area (Å²) in [5, 5.41) is 7.19. The molecule has 1 fully saturated rings. The fraction of sp³-hybridized carbons (Fsp3) is 0.357. The number of methoxy groups -OCH3 is 1. The molecule has 2 aromatic rings. The number of hydrogen-bond acceptors (Lipinski definition) is 4. The van der Waals surface area contributed by atoms with Crippen LogP contribution in [0, 0.1) is 0 Å². The number of hydrogen-bond donors (Lipinski definition) is 2. The van der Waals surface area contributed by atoms with Gasteiger partial charge in [0.1, 0.15) is 5.76 Å². The third kappa shape index (κ3) is 4.28. The summed E-state index contributed by atoms with van der Waals surface area (Å²) in [6.45, 7) is 1.34. The molecule has 0 radical (unpaired) electrons. The minimum absolute atomic E-state index is 0.0683. The van der Waals surface area contributed by atoms with Gasteiger partial charge in [-0.25, -0.2) is 0 Å². The highest BCUT2D eigenvalue weighted by Gasteiger charge is 2.63. The lowest BCUT2D eigenvalue weighted by Crippen LogP contribution is -2.47. The monoisotopic (exact) mass is 482 g/mol. The lowest BCUT2D eigenvalue weighted by molar-refractivity contribution is -0.246. The Kier molecular flexibility index (Phi) is 6.47. The Balaban J connectivity index is 1.45. The highest BCUT2D eigenvalue weighted by atomic mass is 19.4. The van der Waals surface area contributed by atoms with Gasteiger partial charge < -0.3 is 20.1 Å². The maximum atomic E-state index is 14.6. The van der Waals surface area contributed by atoms with Crippen LogP contribution >= 0.6 is 0 Å². The number of piperidine rings is 1. The molecule has 2 heterocycles. The number of allylic oxidation sites excluding steroid dienone is 1. The van der Waals surface area contributed by atoms with Gasteiger partial charge in [0.05, 0.1) is 13.4 Å². The molecule has 0 saturated carbocycles. The topological polar surface area (TPSA) is 42.5 Å². The first-order valence-electron chi connectivity index (χ1n) is 11.9. The number of halogens is 3. The first-order valence-corrected chi connectivity index (χ1v) is 11.9. The van der Waals surface area contributed by atoms with Gasteiger partial charge in [-0.05, 0) is 31.0 Å². The Hall–Kier alpha value is -3.03. The maximum Gasteiger partial charge on any atom is 0.437 e. The molecule has 1 aliphatic carbocycles. The van der Waals surface area contributed by atoms with Gasteiger partial charge in [0.15, 0.2) is 0 Å². The summed E-state index contributed by atoms with van der Waals surface area (Å²) in [5.74, 6) is 0.655. The Morgan fingerprint density at radius 1 is 1.09 bits per heavy atom. The molecule has 35 heavy (non-hydrogen) atoms. The Bertz CT molecular complexity index is 1140. The molecule has 3 aliphatic rings. The van der Waals surface area contributed by atoms with Crippen LogP contribution in [-0.2, 0) is 15.1 Å². The van der Waals surface area contributed by atoms with Crippen LogP contribution in [0.3, 0.4) is 0 Å². The summed E-state index contributed by atoms with van der Waals surface area (Å²) < 4.78 is 55.0. The van der Waals surface area contributed by atoms with E-state index in [0.717, 1.165) is 19.4 Å². The number of benzene rings is 2. The second-order valence-electron chi connectivity index (χ2n) is 9.17. The fourth-order valence-corrected chi connectivity index (χ4v) is 5.38. The van der Waals surface area contributed by atoms with E-state index >= 15 is 0 Å². The zero-order chi connectivity index (χ0) is 24.5. The molecule has 3 atom stereocenters. The molecule has 1 unspecified atom stereocenters. The van der Waals surface area contributed by atoms with Gasteiger partial charge in [-0.2, -0.15) is 13.2 Å². The molecule has 7 heteroatoms. The van der Waals surface area contributed by atoms with Gasteiger partial charge in [0.2, 0.25) is 0 Å². The van der Waals surface area contributed by atoms with E-state index in [9.17, 15) is 13.2 Å². The number of alkyl halides is 3. The van der Waals surface area contributed by atoms with Crippen LogP contribution in [0.5, 0.6) is 0 Å². The van der Waals surface area contributed by atoms with Crippen LogP contribution in [0.1, 0.15) is 36.4 Å². The molecule has 2 aliphatic heterocycles. The minimum atomic E-state index is -4.63. The fourth-order valence-electron chi connectivity index (χ4n) is 5.38. The van der Waals surface area contributed by atoms with E-state index in [0.29, 0.717) is 23.5 Å². The first-order chi connectivity index (χ1) is 16.9. The highest BCUT2D eigenvalue weighted by Crippen LogP contribution is 2.55. The lowest BCUT2D eigenvalue weighted by atomic mass is 9.78. The van der Waals surface area contributed by atoms with Gasteiger partial charge in [-0.1, -0.05) is 60.7 Å². The highest BCUT2D eigenvalue weighted by molar-refractivity contribution is 5.56. The minimum Gasteiger partial charge on any atom is -0.500 e. The Morgan fingerprint density at radius 2 is 1.80 bits per heavy atom. The van der Waals surface area contributed by atoms with E-state index in [1.807, 2.05) is 18.2 Å². The predicted molar refractivity (Wildman–Crippen MR) is 128 cm³/mol. The predicted octanol–water partition coefficient (Wildman–Crippen LogP) is 5.67. The van der Waals surface area contributed by atoms with Gasteiger partial charge in [0.25, 0.3) is 5.60 Å². The molecule has 0 spiro atoms. The van der Waals surface area contributed by atoms with Crippen molar-refractivity contribution in [1.82, 2.24) is 10.6 Å². The molecule has 184 valence electrons. The van der Waals surface area contributed by atoms with Crippen molar-refractivity contribution in [2.45, 2.75) is 43.1 Å². The molecule has 0 amide bonds. The van der Waals surface area contributed by atoms with Crippen molar-refractivity contribution < 1.29 is 22.6 Å². The molecular weight excluding hydrogens is 453 g/mol. The number of fused-ring (bicyclic) bond motifs is 1. The third-order valence-electron chi connectivity index (χ3n) is 7.13. The standard InChI is InChI=1S/C28H29F3N2O2/c1-34-25-16-21-18-35-27(28(29,30)31,22-11-6-3-7-12-22)23(21)15-20(25)17-33-24-13-8-14-32-26(24)19-9-4-2-5-10-19/h2-7,9-12,15,18,24,26,32-33H,8,13-14,16-17H2,1H3/t24-,26-,27?/m0/s1. The van der Waals surface area contributed by atoms with Crippen molar-refractivity contribution in [3.63, 3.8) is 0 Å². The zero-order valence-corrected chi connectivity index (χ0v) is 19.6. The average molecular weight is 483 g/mol. The van der Waals surface area contributed by atoms with E-state index in [-0.39, 0.29) is 29.6 Å². The van der Waals surface area contributed by atoms with Crippen molar-refractivity contribution in [3.05, 3.63) is 107 Å². The summed E-state index contributed by atoms with van der Waals surface area (Å²) in [6.07, 6.45) is 0.491. The van der Waals surface area contributed by atoms with Crippen molar-refractivity contribution in [3.8, 4) is 0 Å². The van der Waals surface area contributed by atoms with E-state index in [1.165, 1.54) is 24.0 Å². The lowest BCUT2D eigenvalue weighted by Gasteiger charge is -2.36. The van der Waals surface area contributed by atoms with E-state index in [2.05, 4.69) is 22.8 Å². The zero-order valence-electron chi connectivity index (χ0n) is 19.6. The molecule has 4 nitrogen and oxygen atoms in total. The quantitative estimate of drug-likeness (QED) is 0.557. The van der Waals surface area contributed by atoms with Gasteiger partial charge >= 0.3 is 6.18 Å². The molecular formula is C28H29F3N2O2. The average Bonchev–Trinajstić information content (AvgIpc) is 3.27. The third-order valence-corrected chi connectivity index (χ3v) is 7.13. The van der Waals surface area contributed by atoms with Crippen LogP contribution in [0.2, 0.25) is 0 Å². The van der Waals surface area contributed by atoms with Crippen molar-refractivity contribution >= 4 is 0 Å². The number of ether oxygens (including phenoxy) is 2. The molecule has 2 N–H and O–H groups in total. The Morgan fingerprint density at radius 3 is 2.49 bits per heavy atom. The number of rotatable bonds is 6. The maximum absolute atomic E-state index is 14.6. The Labute approximate surface area is 203 Å². The van der Waals surface area contributed by atoms with Crippen LogP contribution in [-0.4, -0.2) is 32.4 Å². The van der Waals surface area contributed by atoms with Crippen LogP contribution < -0.4 is 10.6 Å². The summed E-state index contributed by atoms with van der Waals surface area (Å²) in [7, 11) is 1.56. The summed E-state index contributed by atoms with van der Waals surface area (Å²) >= 11 is 0. The van der Waals surface area contributed by atoms with Crippen molar-refractivity contribution in [2.24, 2.45) is 0 Å².